The van der Waals surface area contributed by atoms with E-state index >= 15 is 0 Å². The number of likely N-dealkylation sites (tertiary alicyclic amines) is 1. The number of benzene rings is 1. The number of ether oxygens (including phenoxy) is 1. The summed E-state index contributed by atoms with van der Waals surface area (Å²) >= 11 is 1.56. The van der Waals surface area contributed by atoms with E-state index in [0.717, 1.165) is 53.1 Å². The summed E-state index contributed by atoms with van der Waals surface area (Å²) in [6, 6.07) is 9.52. The van der Waals surface area contributed by atoms with Crippen molar-refractivity contribution in [1.82, 2.24) is 24.5 Å². The van der Waals surface area contributed by atoms with Gasteiger partial charge in [0.05, 0.1) is 34.2 Å². The number of thiazole rings is 1. The van der Waals surface area contributed by atoms with Crippen LogP contribution < -0.4 is 4.74 Å². The van der Waals surface area contributed by atoms with Crippen molar-refractivity contribution in [3.05, 3.63) is 53.3 Å². The maximum Gasteiger partial charge on any atom is 0.253 e. The van der Waals surface area contributed by atoms with Crippen molar-refractivity contribution in [1.29, 1.82) is 0 Å². The summed E-state index contributed by atoms with van der Waals surface area (Å²) in [5.41, 5.74) is 5.24. The number of rotatable bonds is 4. The fraction of sp³-hybridized carbons (Fsp3) is 0.333. The Hall–Kier alpha value is -3.00. The molecule has 1 saturated heterocycles. The third kappa shape index (κ3) is 3.67. The van der Waals surface area contributed by atoms with Crippen LogP contribution in [0.15, 0.2) is 42.0 Å². The molecule has 0 bridgehead atoms. The first-order valence-corrected chi connectivity index (χ1v) is 10.6. The lowest BCUT2D eigenvalue weighted by atomic mass is 9.97. The van der Waals surface area contributed by atoms with Crippen molar-refractivity contribution < 1.29 is 9.53 Å². The number of hydrogen-bond donors (Lipinski definition) is 0. The number of nitrogens with zero attached hydrogens (tertiary/aromatic N) is 5. The van der Waals surface area contributed by atoms with Crippen molar-refractivity contribution in [3.63, 3.8) is 0 Å². The Labute approximate surface area is 172 Å². The number of imidazole rings is 1. The molecule has 0 saturated carbocycles. The first-order valence-electron chi connectivity index (χ1n) is 9.74. The molecule has 4 heterocycles. The lowest BCUT2D eigenvalue weighted by Gasteiger charge is -2.31. The fourth-order valence-electron chi connectivity index (χ4n) is 3.74. The second-order valence-electron chi connectivity index (χ2n) is 7.44. The highest BCUT2D eigenvalue weighted by molar-refractivity contribution is 7.16. The van der Waals surface area contributed by atoms with Gasteiger partial charge in [-0.2, -0.15) is 0 Å². The van der Waals surface area contributed by atoms with Crippen LogP contribution in [0, 0.1) is 12.8 Å². The van der Waals surface area contributed by atoms with E-state index in [0.29, 0.717) is 18.4 Å². The summed E-state index contributed by atoms with van der Waals surface area (Å²) in [6.07, 6.45) is 3.75. The zero-order valence-corrected chi connectivity index (χ0v) is 16.9. The minimum Gasteiger partial charge on any atom is -0.476 e. The number of carbonyl (C=O) groups is 1. The first-order chi connectivity index (χ1) is 14.2. The molecule has 148 valence electrons. The molecule has 4 aromatic rings. The van der Waals surface area contributed by atoms with Crippen molar-refractivity contribution >= 4 is 33.1 Å². The molecule has 1 fully saturated rings. The lowest BCUT2D eigenvalue weighted by molar-refractivity contribution is 0.0659. The average Bonchev–Trinajstić information content (AvgIpc) is 3.36. The molecule has 8 heteroatoms. The standard InChI is InChI=1S/C21H21N5O2S/c1-14-11-26-19(23-14)4-5-20(24-26)28-12-15-6-8-25(9-7-15)21(27)16-2-3-17-18(10-16)29-13-22-17/h2-5,10-11,13,15H,6-9,12H2,1H3. The molecule has 1 aromatic carbocycles. The fourth-order valence-corrected chi connectivity index (χ4v) is 4.45. The number of amides is 1. The highest BCUT2D eigenvalue weighted by Crippen LogP contribution is 2.23. The van der Waals surface area contributed by atoms with E-state index in [2.05, 4.69) is 15.1 Å². The van der Waals surface area contributed by atoms with Crippen LogP contribution in [0.3, 0.4) is 0 Å². The van der Waals surface area contributed by atoms with Gasteiger partial charge in [0, 0.05) is 24.7 Å². The molecule has 0 radical (unpaired) electrons. The van der Waals surface area contributed by atoms with Gasteiger partial charge in [-0.25, -0.2) is 14.5 Å². The molecule has 5 rings (SSSR count). The quantitative estimate of drug-likeness (QED) is 0.517. The molecule has 1 aliphatic rings. The van der Waals surface area contributed by atoms with E-state index in [1.165, 1.54) is 0 Å². The second kappa shape index (κ2) is 7.44. The van der Waals surface area contributed by atoms with Gasteiger partial charge in [-0.05, 0) is 49.9 Å². The minimum absolute atomic E-state index is 0.0993. The average molecular weight is 407 g/mol. The Kier molecular flexibility index (Phi) is 4.63. The summed E-state index contributed by atoms with van der Waals surface area (Å²) in [5, 5.41) is 4.45. The van der Waals surface area contributed by atoms with Gasteiger partial charge in [0.15, 0.2) is 5.65 Å². The topological polar surface area (TPSA) is 72.6 Å². The molecule has 1 amide bonds. The van der Waals surface area contributed by atoms with Crippen LogP contribution in [0.5, 0.6) is 5.88 Å². The van der Waals surface area contributed by atoms with Gasteiger partial charge >= 0.3 is 0 Å². The van der Waals surface area contributed by atoms with E-state index in [9.17, 15) is 4.79 Å². The zero-order valence-electron chi connectivity index (χ0n) is 16.1. The molecule has 0 atom stereocenters. The van der Waals surface area contributed by atoms with Crippen LogP contribution in [0.25, 0.3) is 15.9 Å². The van der Waals surface area contributed by atoms with Crippen molar-refractivity contribution in [2.75, 3.05) is 19.7 Å². The van der Waals surface area contributed by atoms with Gasteiger partial charge in [0.1, 0.15) is 0 Å². The van der Waals surface area contributed by atoms with E-state index < -0.39 is 0 Å². The Morgan fingerprint density at radius 3 is 2.97 bits per heavy atom. The monoisotopic (exact) mass is 407 g/mol. The molecule has 29 heavy (non-hydrogen) atoms. The Balaban J connectivity index is 1.17. The van der Waals surface area contributed by atoms with Crippen molar-refractivity contribution in [2.45, 2.75) is 19.8 Å². The summed E-state index contributed by atoms with van der Waals surface area (Å²) in [5.74, 6) is 1.12. The largest absolute Gasteiger partial charge is 0.476 e. The predicted molar refractivity (Wildman–Crippen MR) is 111 cm³/mol. The summed E-state index contributed by atoms with van der Waals surface area (Å²) in [4.78, 5) is 23.4. The summed E-state index contributed by atoms with van der Waals surface area (Å²) < 4.78 is 8.71. The minimum atomic E-state index is 0.0993. The van der Waals surface area contributed by atoms with Crippen molar-refractivity contribution in [3.8, 4) is 5.88 Å². The van der Waals surface area contributed by atoms with Crippen LogP contribution >= 0.6 is 11.3 Å². The van der Waals surface area contributed by atoms with Gasteiger partial charge in [0.2, 0.25) is 5.88 Å². The molecule has 0 N–H and O–H groups in total. The number of carbonyl (C=O) groups excluding carboxylic acids is 1. The van der Waals surface area contributed by atoms with Gasteiger partial charge < -0.3 is 9.64 Å². The Morgan fingerprint density at radius 1 is 1.24 bits per heavy atom. The van der Waals surface area contributed by atoms with Gasteiger partial charge in [-0.15, -0.1) is 16.4 Å². The zero-order chi connectivity index (χ0) is 19.8. The van der Waals surface area contributed by atoms with Gasteiger partial charge in [-0.3, -0.25) is 4.79 Å². The molecule has 0 unspecified atom stereocenters. The maximum atomic E-state index is 12.8. The second-order valence-corrected chi connectivity index (χ2v) is 8.32. The number of aryl methyl sites for hydroxylation is 1. The highest BCUT2D eigenvalue weighted by Gasteiger charge is 2.24. The van der Waals surface area contributed by atoms with Crippen LogP contribution in [0.1, 0.15) is 28.9 Å². The number of fused-ring (bicyclic) bond motifs is 2. The normalized spacial score (nSPS) is 15.3. The third-order valence-electron chi connectivity index (χ3n) is 5.36. The number of aromatic nitrogens is 4. The summed E-state index contributed by atoms with van der Waals surface area (Å²) in [6.45, 7) is 4.06. The Bertz CT molecular complexity index is 1180. The maximum absolute atomic E-state index is 12.8. The van der Waals surface area contributed by atoms with Crippen LogP contribution in [0.2, 0.25) is 0 Å². The van der Waals surface area contributed by atoms with E-state index in [4.69, 9.17) is 4.74 Å². The van der Waals surface area contributed by atoms with Crippen LogP contribution in [0.4, 0.5) is 0 Å². The first kappa shape index (κ1) is 18.1. The Morgan fingerprint density at radius 2 is 2.10 bits per heavy atom. The molecular formula is C21H21N5O2S. The number of piperidine rings is 1. The van der Waals surface area contributed by atoms with Crippen LogP contribution in [-0.2, 0) is 0 Å². The van der Waals surface area contributed by atoms with Crippen LogP contribution in [-0.4, -0.2) is 50.1 Å². The molecule has 0 spiro atoms. The molecule has 3 aromatic heterocycles. The molecule has 1 aliphatic heterocycles. The lowest BCUT2D eigenvalue weighted by Crippen LogP contribution is -2.39. The molecule has 7 nitrogen and oxygen atoms in total. The van der Waals surface area contributed by atoms with Gasteiger partial charge in [-0.1, -0.05) is 0 Å². The van der Waals surface area contributed by atoms with E-state index in [1.54, 1.807) is 15.9 Å². The number of hydrogen-bond acceptors (Lipinski definition) is 6. The SMILES string of the molecule is Cc1cn2nc(OCC3CCN(C(=O)c4ccc5ncsc5c4)CC3)ccc2n1. The van der Waals surface area contributed by atoms with Gasteiger partial charge in [0.25, 0.3) is 5.91 Å². The smallest absolute Gasteiger partial charge is 0.253 e. The molecule has 0 aliphatic carbocycles. The summed E-state index contributed by atoms with van der Waals surface area (Å²) in [7, 11) is 0. The van der Waals surface area contributed by atoms with E-state index in [-0.39, 0.29) is 5.91 Å². The van der Waals surface area contributed by atoms with Crippen molar-refractivity contribution in [2.24, 2.45) is 5.92 Å². The molecular weight excluding hydrogens is 386 g/mol. The van der Waals surface area contributed by atoms with E-state index in [1.807, 2.05) is 53.9 Å². The third-order valence-corrected chi connectivity index (χ3v) is 6.15. The highest BCUT2D eigenvalue weighted by atomic mass is 32.1. The predicted octanol–water partition coefficient (Wildman–Crippen LogP) is 3.58.